The second-order valence-corrected chi connectivity index (χ2v) is 4.90. The van der Waals surface area contributed by atoms with Crippen LogP contribution in [0.25, 0.3) is 0 Å². The average molecular weight is 336 g/mol. The maximum atomic E-state index is 11.9. The molecule has 0 radical (unpaired) electrons. The van der Waals surface area contributed by atoms with Gasteiger partial charge in [0.2, 0.25) is 5.71 Å². The maximum absolute atomic E-state index is 11.9. The highest BCUT2D eigenvalue weighted by molar-refractivity contribution is 6.64. The highest BCUT2D eigenvalue weighted by Crippen LogP contribution is 2.02. The zero-order valence-electron chi connectivity index (χ0n) is 13.5. The minimum atomic E-state index is -1.01. The van der Waals surface area contributed by atoms with E-state index >= 15 is 0 Å². The van der Waals surface area contributed by atoms with Crippen LogP contribution in [0.3, 0.4) is 0 Å². The number of hydrogen-bond acceptors (Lipinski definition) is 7. The van der Waals surface area contributed by atoms with E-state index in [0.717, 1.165) is 5.56 Å². The number of hydrogen-bond donors (Lipinski definition) is 2. The predicted molar refractivity (Wildman–Crippen MR) is 84.7 cm³/mol. The molecule has 8 heteroatoms. The molecule has 1 rings (SSSR count). The van der Waals surface area contributed by atoms with Gasteiger partial charge in [0.1, 0.15) is 6.61 Å². The van der Waals surface area contributed by atoms with E-state index in [9.17, 15) is 14.4 Å². The van der Waals surface area contributed by atoms with Crippen LogP contribution < -0.4 is 5.32 Å². The molecule has 1 aromatic rings. The Morgan fingerprint density at radius 1 is 1.21 bits per heavy atom. The number of carbonyl (C=O) groups is 3. The largest absolute Gasteiger partial charge is 0.461 e. The third-order valence-corrected chi connectivity index (χ3v) is 2.90. The van der Waals surface area contributed by atoms with Crippen molar-refractivity contribution in [2.75, 3.05) is 6.61 Å². The molecule has 2 N–H and O–H groups in total. The minimum absolute atomic E-state index is 0.0464. The normalized spacial score (nSPS) is 12.2. The Labute approximate surface area is 139 Å². The zero-order chi connectivity index (χ0) is 17.9. The molecule has 0 fully saturated rings. The van der Waals surface area contributed by atoms with Gasteiger partial charge in [-0.2, -0.15) is 0 Å². The fourth-order valence-electron chi connectivity index (χ4n) is 1.80. The van der Waals surface area contributed by atoms with E-state index in [4.69, 9.17) is 9.94 Å². The summed E-state index contributed by atoms with van der Waals surface area (Å²) >= 11 is 0. The first-order chi connectivity index (χ1) is 11.5. The Bertz CT molecular complexity index is 600. The molecule has 8 nitrogen and oxygen atoms in total. The van der Waals surface area contributed by atoms with Gasteiger partial charge in [-0.15, -0.1) is 0 Å². The summed E-state index contributed by atoms with van der Waals surface area (Å²) in [6, 6.07) is 8.49. The van der Waals surface area contributed by atoms with Crippen molar-refractivity contribution in [3.05, 3.63) is 35.9 Å². The summed E-state index contributed by atoms with van der Waals surface area (Å²) < 4.78 is 9.62. The summed E-state index contributed by atoms with van der Waals surface area (Å²) in [6.45, 7) is 3.26. The molecule has 1 atom stereocenters. The lowest BCUT2D eigenvalue weighted by Crippen LogP contribution is -2.37. The first-order valence-corrected chi connectivity index (χ1v) is 7.37. The topological polar surface area (TPSA) is 114 Å². The van der Waals surface area contributed by atoms with Gasteiger partial charge in [0.25, 0.3) is 0 Å². The molecule has 0 bridgehead atoms. The van der Waals surface area contributed by atoms with E-state index in [1.54, 1.807) is 13.8 Å². The fourth-order valence-corrected chi connectivity index (χ4v) is 1.80. The Morgan fingerprint density at radius 2 is 1.88 bits per heavy atom. The van der Waals surface area contributed by atoms with Gasteiger partial charge >= 0.3 is 12.1 Å². The number of amides is 1. The van der Waals surface area contributed by atoms with Gasteiger partial charge in [-0.25, -0.2) is 9.59 Å². The highest BCUT2D eigenvalue weighted by Gasteiger charge is 2.24. The molecule has 0 saturated heterocycles. The lowest BCUT2D eigenvalue weighted by atomic mass is 10.1. The zero-order valence-corrected chi connectivity index (χ0v) is 13.5. The van der Waals surface area contributed by atoms with Crippen LogP contribution >= 0.6 is 0 Å². The standard InChI is InChI=1S/C16H20N2O6/c1-3-23-15(20)14(18-22)13(19)9-11(2)17-16(21)24-10-12-7-5-4-6-8-12/h4-8,11,22H,3,9-10H2,1-2H3,(H,17,21)/t11-/m0/s1. The van der Waals surface area contributed by atoms with Crippen molar-refractivity contribution >= 4 is 23.6 Å². The van der Waals surface area contributed by atoms with E-state index in [1.165, 1.54) is 0 Å². The molecule has 0 saturated carbocycles. The van der Waals surface area contributed by atoms with Gasteiger partial charge in [-0.05, 0) is 19.4 Å². The van der Waals surface area contributed by atoms with E-state index in [0.29, 0.717) is 0 Å². The number of oxime groups is 1. The van der Waals surface area contributed by atoms with Crippen molar-refractivity contribution in [3.8, 4) is 0 Å². The van der Waals surface area contributed by atoms with Crippen molar-refractivity contribution in [2.24, 2.45) is 5.16 Å². The molecule has 0 heterocycles. The Hall–Kier alpha value is -2.90. The molecule has 1 aromatic carbocycles. The van der Waals surface area contributed by atoms with Crippen LogP contribution in [0.15, 0.2) is 35.5 Å². The number of nitrogens with one attached hydrogen (secondary N) is 1. The quantitative estimate of drug-likeness (QED) is 0.245. The molecular formula is C16H20N2O6. The SMILES string of the molecule is CCOC(=O)C(=NO)C(=O)C[C@H](C)NC(=O)OCc1ccccc1. The van der Waals surface area contributed by atoms with Gasteiger partial charge in [-0.1, -0.05) is 35.5 Å². The van der Waals surface area contributed by atoms with Crippen molar-refractivity contribution in [3.63, 3.8) is 0 Å². The van der Waals surface area contributed by atoms with Crippen molar-refractivity contribution < 1.29 is 29.1 Å². The summed E-state index contributed by atoms with van der Waals surface area (Å²) in [5.74, 6) is -1.75. The summed E-state index contributed by atoms with van der Waals surface area (Å²) in [4.78, 5) is 35.0. The Balaban J connectivity index is 2.44. The first kappa shape index (κ1) is 19.1. The van der Waals surface area contributed by atoms with Crippen LogP contribution in [0.5, 0.6) is 0 Å². The number of Topliss-reactive ketones (excluding diaryl/α,β-unsaturated/α-hetero) is 1. The summed E-state index contributed by atoms with van der Waals surface area (Å²) in [7, 11) is 0. The first-order valence-electron chi connectivity index (χ1n) is 7.37. The van der Waals surface area contributed by atoms with Crippen molar-refractivity contribution in [1.29, 1.82) is 0 Å². The number of benzene rings is 1. The van der Waals surface area contributed by atoms with Gasteiger partial charge in [-0.3, -0.25) is 4.79 Å². The molecule has 24 heavy (non-hydrogen) atoms. The Morgan fingerprint density at radius 3 is 2.46 bits per heavy atom. The third-order valence-electron chi connectivity index (χ3n) is 2.90. The monoisotopic (exact) mass is 336 g/mol. The van der Waals surface area contributed by atoms with Gasteiger partial charge in [0.15, 0.2) is 5.78 Å². The van der Waals surface area contributed by atoms with Crippen LogP contribution in [0.1, 0.15) is 25.8 Å². The number of carbonyl (C=O) groups excluding carboxylic acids is 3. The van der Waals surface area contributed by atoms with Crippen molar-refractivity contribution in [1.82, 2.24) is 5.32 Å². The van der Waals surface area contributed by atoms with Crippen LogP contribution in [-0.2, 0) is 25.7 Å². The van der Waals surface area contributed by atoms with Crippen LogP contribution in [0.4, 0.5) is 4.79 Å². The maximum Gasteiger partial charge on any atom is 0.407 e. The van der Waals surface area contributed by atoms with Gasteiger partial charge < -0.3 is 20.0 Å². The van der Waals surface area contributed by atoms with E-state index in [-0.39, 0.29) is 19.6 Å². The molecule has 0 unspecified atom stereocenters. The van der Waals surface area contributed by atoms with Crippen molar-refractivity contribution in [2.45, 2.75) is 32.9 Å². The van der Waals surface area contributed by atoms with E-state index < -0.39 is 29.6 Å². The second kappa shape index (κ2) is 9.98. The highest BCUT2D eigenvalue weighted by atomic mass is 16.5. The smallest absolute Gasteiger partial charge is 0.407 e. The Kier molecular flexibility index (Phi) is 7.97. The van der Waals surface area contributed by atoms with Crippen LogP contribution in [0, 0.1) is 0 Å². The second-order valence-electron chi connectivity index (χ2n) is 4.90. The number of ketones is 1. The van der Waals surface area contributed by atoms with E-state index in [1.807, 2.05) is 30.3 Å². The molecule has 0 aromatic heterocycles. The molecule has 1 amide bonds. The van der Waals surface area contributed by atoms with Crippen LogP contribution in [-0.4, -0.2) is 41.4 Å². The van der Waals surface area contributed by atoms with Gasteiger partial charge in [0, 0.05) is 12.5 Å². The minimum Gasteiger partial charge on any atom is -0.461 e. The molecular weight excluding hydrogens is 316 g/mol. The lowest BCUT2D eigenvalue weighted by Gasteiger charge is -2.13. The van der Waals surface area contributed by atoms with E-state index in [2.05, 4.69) is 15.2 Å². The summed E-state index contributed by atoms with van der Waals surface area (Å²) in [5.41, 5.74) is 0.122. The van der Waals surface area contributed by atoms with Crippen LogP contribution in [0.2, 0.25) is 0 Å². The number of esters is 1. The molecule has 0 aliphatic heterocycles. The number of rotatable bonds is 8. The van der Waals surface area contributed by atoms with Gasteiger partial charge in [0.05, 0.1) is 6.61 Å². The third kappa shape index (κ3) is 6.47. The number of nitrogens with zero attached hydrogens (tertiary/aromatic N) is 1. The average Bonchev–Trinajstić information content (AvgIpc) is 2.54. The summed E-state index contributed by atoms with van der Waals surface area (Å²) in [5, 5.41) is 13.9. The number of alkyl carbamates (subject to hydrolysis) is 1. The summed E-state index contributed by atoms with van der Waals surface area (Å²) in [6.07, 6.45) is -0.934. The number of ether oxygens (including phenoxy) is 2. The molecule has 0 spiro atoms. The predicted octanol–water partition coefficient (Wildman–Crippen LogP) is 1.65. The molecule has 130 valence electrons. The fraction of sp³-hybridized carbons (Fsp3) is 0.375. The molecule has 0 aliphatic carbocycles. The lowest BCUT2D eigenvalue weighted by molar-refractivity contribution is -0.136. The molecule has 0 aliphatic rings.